The van der Waals surface area contributed by atoms with Crippen LogP contribution in [0.3, 0.4) is 0 Å². The van der Waals surface area contributed by atoms with Gasteiger partial charge in [0.1, 0.15) is 6.10 Å². The van der Waals surface area contributed by atoms with Crippen molar-refractivity contribution in [1.29, 1.82) is 0 Å². The summed E-state index contributed by atoms with van der Waals surface area (Å²) in [4.78, 5) is 12.4. The zero-order chi connectivity index (χ0) is 32.4. The maximum Gasteiger partial charge on any atom is 0.249 e. The highest BCUT2D eigenvalue weighted by molar-refractivity contribution is 5.80. The predicted molar refractivity (Wildman–Crippen MR) is 190 cm³/mol. The molecule has 0 fully saturated rings. The minimum Gasteiger partial charge on any atom is -0.394 e. The number of aliphatic hydroxyl groups is 3. The van der Waals surface area contributed by atoms with Crippen molar-refractivity contribution in [2.45, 2.75) is 199 Å². The lowest BCUT2D eigenvalue weighted by Crippen LogP contribution is -2.48. The third kappa shape index (κ3) is 29.3. The molecule has 0 radical (unpaired) electrons. The Kier molecular flexibility index (Phi) is 33.3. The van der Waals surface area contributed by atoms with Crippen molar-refractivity contribution in [1.82, 2.24) is 5.32 Å². The molecule has 3 unspecified atom stereocenters. The van der Waals surface area contributed by atoms with Crippen molar-refractivity contribution in [2.24, 2.45) is 0 Å². The maximum absolute atomic E-state index is 12.4. The van der Waals surface area contributed by atoms with E-state index in [1.807, 2.05) is 6.08 Å². The van der Waals surface area contributed by atoms with Gasteiger partial charge in [0.05, 0.1) is 18.8 Å². The topological polar surface area (TPSA) is 89.8 Å². The van der Waals surface area contributed by atoms with Gasteiger partial charge in [-0.2, -0.15) is 0 Å². The Hall–Kier alpha value is -1.43. The molecule has 0 saturated heterocycles. The summed E-state index contributed by atoms with van der Waals surface area (Å²) in [7, 11) is 0. The van der Waals surface area contributed by atoms with Gasteiger partial charge in [-0.3, -0.25) is 4.79 Å². The molecule has 0 heterocycles. The van der Waals surface area contributed by atoms with Gasteiger partial charge < -0.3 is 20.6 Å². The molecule has 0 saturated carbocycles. The monoisotopic (exact) mass is 620 g/mol. The van der Waals surface area contributed by atoms with Gasteiger partial charge in [-0.05, 0) is 51.4 Å². The van der Waals surface area contributed by atoms with E-state index in [-0.39, 0.29) is 6.61 Å². The number of carbonyl (C=O) groups excluding carboxylic acids is 1. The van der Waals surface area contributed by atoms with Crippen LogP contribution in [0.25, 0.3) is 0 Å². The van der Waals surface area contributed by atoms with Crippen LogP contribution in [0, 0.1) is 0 Å². The van der Waals surface area contributed by atoms with Crippen molar-refractivity contribution in [3.8, 4) is 0 Å². The molecule has 0 aromatic heterocycles. The first-order valence-electron chi connectivity index (χ1n) is 18.8. The summed E-state index contributed by atoms with van der Waals surface area (Å²) < 4.78 is 0. The van der Waals surface area contributed by atoms with Crippen LogP contribution in [0.4, 0.5) is 0 Å². The van der Waals surface area contributed by atoms with Crippen molar-refractivity contribution in [3.63, 3.8) is 0 Å². The Bertz CT molecular complexity index is 690. The van der Waals surface area contributed by atoms with Crippen molar-refractivity contribution >= 4 is 5.91 Å². The molecule has 0 spiro atoms. The van der Waals surface area contributed by atoms with Gasteiger partial charge in [0.15, 0.2) is 0 Å². The summed E-state index contributed by atoms with van der Waals surface area (Å²) in [5, 5.41) is 33.0. The Labute approximate surface area is 273 Å². The molecule has 4 N–H and O–H groups in total. The highest BCUT2D eigenvalue weighted by Gasteiger charge is 2.22. The van der Waals surface area contributed by atoms with Gasteiger partial charge in [0, 0.05) is 0 Å². The zero-order valence-corrected chi connectivity index (χ0v) is 29.0. The van der Waals surface area contributed by atoms with E-state index in [0.29, 0.717) is 6.42 Å². The number of carbonyl (C=O) groups is 1. The summed E-state index contributed by atoms with van der Waals surface area (Å²) in [6.07, 6.45) is 41.5. The van der Waals surface area contributed by atoms with Crippen molar-refractivity contribution in [3.05, 3.63) is 36.5 Å². The van der Waals surface area contributed by atoms with Crippen LogP contribution >= 0.6 is 0 Å². The van der Waals surface area contributed by atoms with Gasteiger partial charge >= 0.3 is 0 Å². The first-order valence-corrected chi connectivity index (χ1v) is 18.8. The lowest BCUT2D eigenvalue weighted by atomic mass is 10.0. The largest absolute Gasteiger partial charge is 0.394 e. The normalized spacial score (nSPS) is 14.2. The van der Waals surface area contributed by atoms with E-state index in [2.05, 4.69) is 43.5 Å². The second-order valence-electron chi connectivity index (χ2n) is 12.8. The summed E-state index contributed by atoms with van der Waals surface area (Å²) in [6.45, 7) is 4.13. The fraction of sp³-hybridized carbons (Fsp3) is 0.821. The van der Waals surface area contributed by atoms with Crippen LogP contribution in [0.2, 0.25) is 0 Å². The molecule has 0 aromatic carbocycles. The Morgan fingerprint density at radius 3 is 1.48 bits per heavy atom. The number of amides is 1. The second kappa shape index (κ2) is 34.4. The smallest absolute Gasteiger partial charge is 0.249 e. The van der Waals surface area contributed by atoms with Gasteiger partial charge in [-0.1, -0.05) is 166 Å². The van der Waals surface area contributed by atoms with Crippen LogP contribution < -0.4 is 5.32 Å². The fourth-order valence-electron chi connectivity index (χ4n) is 5.45. The number of nitrogens with one attached hydrogen (secondary N) is 1. The van der Waals surface area contributed by atoms with E-state index in [9.17, 15) is 20.1 Å². The number of aliphatic hydroxyl groups excluding tert-OH is 3. The number of hydrogen-bond acceptors (Lipinski definition) is 4. The van der Waals surface area contributed by atoms with Gasteiger partial charge in [0.2, 0.25) is 5.91 Å². The van der Waals surface area contributed by atoms with E-state index in [1.54, 1.807) is 6.08 Å². The molecule has 258 valence electrons. The van der Waals surface area contributed by atoms with Crippen LogP contribution in [0.5, 0.6) is 0 Å². The molecule has 44 heavy (non-hydrogen) atoms. The minimum atomic E-state index is -1.10. The van der Waals surface area contributed by atoms with E-state index < -0.39 is 24.2 Å². The molecule has 0 aliphatic heterocycles. The molecule has 0 aromatic rings. The van der Waals surface area contributed by atoms with Gasteiger partial charge in [0.25, 0.3) is 0 Å². The van der Waals surface area contributed by atoms with Crippen molar-refractivity contribution in [2.75, 3.05) is 6.61 Å². The molecule has 5 nitrogen and oxygen atoms in total. The summed E-state index contributed by atoms with van der Waals surface area (Å²) >= 11 is 0. The summed E-state index contributed by atoms with van der Waals surface area (Å²) in [5.74, 6) is -0.514. The minimum absolute atomic E-state index is 0.368. The summed E-state index contributed by atoms with van der Waals surface area (Å²) in [6, 6.07) is -0.800. The molecule has 0 aliphatic rings. The standard InChI is InChI=1S/C39H73NO4/c1-3-5-7-9-11-13-15-17-19-20-22-24-26-28-30-32-34-38(43)39(44)40-36(35-41)37(42)33-31-29-27-25-23-21-18-16-14-12-10-8-6-4-2/h11,13,17,19,31,33,36-38,41-43H,3-10,12,14-16,18,20-30,32,34-35H2,1-2H3,(H,40,44)/b13-11-,19-17-,33-31+. The molecular weight excluding hydrogens is 546 g/mol. The molecule has 0 bridgehead atoms. The first-order chi connectivity index (χ1) is 21.6. The highest BCUT2D eigenvalue weighted by Crippen LogP contribution is 2.14. The first kappa shape index (κ1) is 42.6. The number of hydrogen-bond donors (Lipinski definition) is 4. The van der Waals surface area contributed by atoms with Crippen LogP contribution in [-0.4, -0.2) is 46.1 Å². The van der Waals surface area contributed by atoms with E-state index >= 15 is 0 Å². The molecular formula is C39H73NO4. The molecule has 5 heteroatoms. The molecule has 3 atom stereocenters. The van der Waals surface area contributed by atoms with E-state index in [4.69, 9.17) is 0 Å². The molecule has 0 rings (SSSR count). The number of rotatable bonds is 33. The SMILES string of the molecule is CCCCC/C=C\C/C=C\CCCCCCCCC(O)C(=O)NC(CO)C(O)/C=C/CCCCCCCCCCCCCC. The van der Waals surface area contributed by atoms with Crippen LogP contribution in [0.1, 0.15) is 181 Å². The predicted octanol–water partition coefficient (Wildman–Crippen LogP) is 10.0. The maximum atomic E-state index is 12.4. The van der Waals surface area contributed by atoms with Crippen LogP contribution in [0.15, 0.2) is 36.5 Å². The second-order valence-corrected chi connectivity index (χ2v) is 12.8. The number of unbranched alkanes of at least 4 members (excludes halogenated alkanes) is 21. The quantitative estimate of drug-likeness (QED) is 0.0435. The lowest BCUT2D eigenvalue weighted by molar-refractivity contribution is -0.131. The third-order valence-corrected chi connectivity index (χ3v) is 8.48. The third-order valence-electron chi connectivity index (χ3n) is 8.48. The molecule has 1 amide bonds. The van der Waals surface area contributed by atoms with Gasteiger partial charge in [-0.15, -0.1) is 0 Å². The Morgan fingerprint density at radius 2 is 0.977 bits per heavy atom. The molecule has 0 aliphatic carbocycles. The Balaban J connectivity index is 3.78. The van der Waals surface area contributed by atoms with Crippen LogP contribution in [-0.2, 0) is 4.79 Å². The van der Waals surface area contributed by atoms with E-state index in [0.717, 1.165) is 44.9 Å². The number of allylic oxidation sites excluding steroid dienone is 5. The zero-order valence-electron chi connectivity index (χ0n) is 29.0. The average Bonchev–Trinajstić information content (AvgIpc) is 3.03. The highest BCUT2D eigenvalue weighted by atomic mass is 16.3. The summed E-state index contributed by atoms with van der Waals surface area (Å²) in [5.41, 5.74) is 0. The lowest BCUT2D eigenvalue weighted by Gasteiger charge is -2.21. The van der Waals surface area contributed by atoms with E-state index in [1.165, 1.54) is 116 Å². The Morgan fingerprint density at radius 1 is 0.568 bits per heavy atom. The van der Waals surface area contributed by atoms with Crippen molar-refractivity contribution < 1.29 is 20.1 Å². The average molecular weight is 620 g/mol. The van der Waals surface area contributed by atoms with Gasteiger partial charge in [-0.25, -0.2) is 0 Å². The fourth-order valence-corrected chi connectivity index (χ4v) is 5.45.